The summed E-state index contributed by atoms with van der Waals surface area (Å²) in [6, 6.07) is 13.6. The highest BCUT2D eigenvalue weighted by atomic mass is 35.5. The number of hydrogen-bond donors (Lipinski definition) is 0. The fourth-order valence-corrected chi connectivity index (χ4v) is 5.03. The number of rotatable bonds is 5. The topological polar surface area (TPSA) is 85.5 Å². The number of ether oxygens (including phenoxy) is 1. The Morgan fingerprint density at radius 2 is 1.86 bits per heavy atom. The molecular formula is C20H20ClN3O4S. The van der Waals surface area contributed by atoms with Crippen LogP contribution in [0.25, 0.3) is 11.4 Å². The number of sulfonamides is 1. The first-order valence-electron chi connectivity index (χ1n) is 9.21. The van der Waals surface area contributed by atoms with E-state index in [9.17, 15) is 8.42 Å². The second-order valence-corrected chi connectivity index (χ2v) is 9.22. The molecule has 0 N–H and O–H groups in total. The molecule has 152 valence electrons. The van der Waals surface area contributed by atoms with Gasteiger partial charge in [0, 0.05) is 23.7 Å². The standard InChI is InChI=1S/C20H20ClN3O4S/c1-27-17-8-4-14(5-9-17)19-22-20(28-23-19)15-3-2-12-24(13-15)29(25,26)18-10-6-16(21)7-11-18/h4-11,15H,2-3,12-13H2,1H3/t15-/m0/s1. The lowest BCUT2D eigenvalue weighted by atomic mass is 10.00. The molecule has 0 spiro atoms. The van der Waals surface area contributed by atoms with E-state index in [0.29, 0.717) is 29.8 Å². The van der Waals surface area contributed by atoms with Crippen molar-refractivity contribution in [1.29, 1.82) is 0 Å². The van der Waals surface area contributed by atoms with E-state index in [2.05, 4.69) is 10.1 Å². The van der Waals surface area contributed by atoms with Gasteiger partial charge in [-0.15, -0.1) is 0 Å². The van der Waals surface area contributed by atoms with Gasteiger partial charge in [-0.2, -0.15) is 9.29 Å². The maximum Gasteiger partial charge on any atom is 0.243 e. The number of piperidine rings is 1. The molecular weight excluding hydrogens is 414 g/mol. The number of methoxy groups -OCH3 is 1. The van der Waals surface area contributed by atoms with Gasteiger partial charge in [-0.3, -0.25) is 0 Å². The lowest BCUT2D eigenvalue weighted by Crippen LogP contribution is -2.39. The minimum Gasteiger partial charge on any atom is -0.497 e. The fourth-order valence-electron chi connectivity index (χ4n) is 3.38. The summed E-state index contributed by atoms with van der Waals surface area (Å²) < 4.78 is 38.0. The number of hydrogen-bond acceptors (Lipinski definition) is 6. The van der Waals surface area contributed by atoms with Crippen LogP contribution in [-0.2, 0) is 10.0 Å². The molecule has 1 aliphatic heterocycles. The van der Waals surface area contributed by atoms with Gasteiger partial charge in [-0.25, -0.2) is 8.42 Å². The SMILES string of the molecule is COc1ccc(-c2noc([C@H]3CCCN(S(=O)(=O)c4ccc(Cl)cc4)C3)n2)cc1. The van der Waals surface area contributed by atoms with Crippen LogP contribution < -0.4 is 4.74 Å². The quantitative estimate of drug-likeness (QED) is 0.605. The van der Waals surface area contributed by atoms with Gasteiger partial charge in [0.15, 0.2) is 0 Å². The van der Waals surface area contributed by atoms with Crippen LogP contribution >= 0.6 is 11.6 Å². The largest absolute Gasteiger partial charge is 0.497 e. The molecule has 1 fully saturated rings. The van der Waals surface area contributed by atoms with Crippen molar-refractivity contribution in [3.8, 4) is 17.1 Å². The van der Waals surface area contributed by atoms with E-state index in [1.807, 2.05) is 24.3 Å². The monoisotopic (exact) mass is 433 g/mol. The summed E-state index contributed by atoms with van der Waals surface area (Å²) >= 11 is 5.88. The number of aromatic nitrogens is 2. The number of nitrogens with zero attached hydrogens (tertiary/aromatic N) is 3. The molecule has 1 atom stereocenters. The molecule has 0 bridgehead atoms. The molecule has 29 heavy (non-hydrogen) atoms. The first kappa shape index (κ1) is 19.9. The maximum atomic E-state index is 13.0. The van der Waals surface area contributed by atoms with Crippen LogP contribution in [0, 0.1) is 0 Å². The lowest BCUT2D eigenvalue weighted by Gasteiger charge is -2.30. The molecule has 9 heteroatoms. The van der Waals surface area contributed by atoms with Crippen molar-refractivity contribution < 1.29 is 17.7 Å². The van der Waals surface area contributed by atoms with E-state index < -0.39 is 10.0 Å². The van der Waals surface area contributed by atoms with Crippen LogP contribution in [0.2, 0.25) is 5.02 Å². The Bertz CT molecular complexity index is 1080. The fraction of sp³-hybridized carbons (Fsp3) is 0.300. The molecule has 1 aliphatic rings. The minimum absolute atomic E-state index is 0.148. The van der Waals surface area contributed by atoms with Gasteiger partial charge in [0.25, 0.3) is 0 Å². The van der Waals surface area contributed by atoms with Gasteiger partial charge in [-0.05, 0) is 61.4 Å². The number of benzene rings is 2. The van der Waals surface area contributed by atoms with Crippen LogP contribution in [0.15, 0.2) is 57.9 Å². The van der Waals surface area contributed by atoms with Crippen molar-refractivity contribution in [2.45, 2.75) is 23.7 Å². The minimum atomic E-state index is -3.60. The number of halogens is 1. The second kappa shape index (κ2) is 8.14. The lowest BCUT2D eigenvalue weighted by molar-refractivity contribution is 0.265. The van der Waals surface area contributed by atoms with Crippen molar-refractivity contribution >= 4 is 21.6 Å². The summed E-state index contributed by atoms with van der Waals surface area (Å²) in [7, 11) is -2.00. The molecule has 2 aromatic carbocycles. The Kier molecular flexibility index (Phi) is 5.58. The maximum absolute atomic E-state index is 13.0. The molecule has 1 aromatic heterocycles. The Labute approximate surface area is 174 Å². The summed E-state index contributed by atoms with van der Waals surface area (Å²) in [6.07, 6.45) is 1.51. The summed E-state index contributed by atoms with van der Waals surface area (Å²) in [6.45, 7) is 0.760. The molecule has 0 unspecified atom stereocenters. The molecule has 0 saturated carbocycles. The molecule has 2 heterocycles. The van der Waals surface area contributed by atoms with Crippen molar-refractivity contribution in [2.75, 3.05) is 20.2 Å². The van der Waals surface area contributed by atoms with E-state index in [-0.39, 0.29) is 10.8 Å². The third-order valence-electron chi connectivity index (χ3n) is 4.97. The molecule has 0 aliphatic carbocycles. The zero-order chi connectivity index (χ0) is 20.4. The summed E-state index contributed by atoms with van der Waals surface area (Å²) in [4.78, 5) is 4.73. The summed E-state index contributed by atoms with van der Waals surface area (Å²) in [5.74, 6) is 1.52. The van der Waals surface area contributed by atoms with Crippen LogP contribution in [0.1, 0.15) is 24.7 Å². The van der Waals surface area contributed by atoms with Gasteiger partial charge in [0.2, 0.25) is 21.7 Å². The average molecular weight is 434 g/mol. The summed E-state index contributed by atoms with van der Waals surface area (Å²) in [5.41, 5.74) is 0.808. The zero-order valence-corrected chi connectivity index (χ0v) is 17.4. The van der Waals surface area contributed by atoms with Gasteiger partial charge in [0.1, 0.15) is 5.75 Å². The van der Waals surface area contributed by atoms with Gasteiger partial charge in [0.05, 0.1) is 17.9 Å². The highest BCUT2D eigenvalue weighted by Crippen LogP contribution is 2.31. The molecule has 1 saturated heterocycles. The third-order valence-corrected chi connectivity index (χ3v) is 7.11. The first-order valence-corrected chi connectivity index (χ1v) is 11.0. The molecule has 7 nitrogen and oxygen atoms in total. The van der Waals surface area contributed by atoms with Crippen LogP contribution in [0.5, 0.6) is 5.75 Å². The predicted octanol–water partition coefficient (Wildman–Crippen LogP) is 3.97. The smallest absolute Gasteiger partial charge is 0.243 e. The highest BCUT2D eigenvalue weighted by Gasteiger charge is 2.33. The van der Waals surface area contributed by atoms with Crippen LogP contribution in [0.4, 0.5) is 0 Å². The summed E-state index contributed by atoms with van der Waals surface area (Å²) in [5, 5.41) is 4.56. The van der Waals surface area contributed by atoms with Crippen LogP contribution in [0.3, 0.4) is 0 Å². The molecule has 0 radical (unpaired) electrons. The molecule has 3 aromatic rings. The Morgan fingerprint density at radius 1 is 1.14 bits per heavy atom. The van der Waals surface area contributed by atoms with Gasteiger partial charge < -0.3 is 9.26 Å². The Hall–Kier alpha value is -2.42. The van der Waals surface area contributed by atoms with E-state index >= 15 is 0 Å². The van der Waals surface area contributed by atoms with Crippen molar-refractivity contribution in [1.82, 2.24) is 14.4 Å². The van der Waals surface area contributed by atoms with E-state index in [1.54, 1.807) is 19.2 Å². The Morgan fingerprint density at radius 3 is 2.55 bits per heavy atom. The highest BCUT2D eigenvalue weighted by molar-refractivity contribution is 7.89. The van der Waals surface area contributed by atoms with Crippen LogP contribution in [-0.4, -0.2) is 43.1 Å². The van der Waals surface area contributed by atoms with Crippen molar-refractivity contribution in [3.05, 3.63) is 59.4 Å². The van der Waals surface area contributed by atoms with Crippen molar-refractivity contribution in [3.63, 3.8) is 0 Å². The third kappa shape index (κ3) is 4.14. The van der Waals surface area contributed by atoms with E-state index in [0.717, 1.165) is 24.2 Å². The predicted molar refractivity (Wildman–Crippen MR) is 108 cm³/mol. The molecule has 4 rings (SSSR count). The zero-order valence-electron chi connectivity index (χ0n) is 15.8. The van der Waals surface area contributed by atoms with E-state index in [1.165, 1.54) is 16.4 Å². The second-order valence-electron chi connectivity index (χ2n) is 6.84. The molecule has 0 amide bonds. The Balaban J connectivity index is 1.52. The first-order chi connectivity index (χ1) is 14.0. The van der Waals surface area contributed by atoms with E-state index in [4.69, 9.17) is 20.9 Å². The van der Waals surface area contributed by atoms with Gasteiger partial charge in [-0.1, -0.05) is 16.8 Å². The van der Waals surface area contributed by atoms with Crippen molar-refractivity contribution in [2.24, 2.45) is 0 Å². The average Bonchev–Trinajstić information content (AvgIpc) is 3.24. The van der Waals surface area contributed by atoms with Gasteiger partial charge >= 0.3 is 0 Å². The normalized spacial score (nSPS) is 17.9.